The third kappa shape index (κ3) is 5.44. The van der Waals surface area contributed by atoms with E-state index in [1.165, 1.54) is 6.92 Å². The van der Waals surface area contributed by atoms with Crippen molar-refractivity contribution in [3.8, 4) is 0 Å². The molecule has 0 spiro atoms. The van der Waals surface area contributed by atoms with Gasteiger partial charge in [-0.15, -0.1) is 0 Å². The molecule has 0 saturated carbocycles. The molecule has 0 saturated heterocycles. The topological polar surface area (TPSA) is 87.3 Å². The smallest absolute Gasteiger partial charge is 0.255 e. The number of carbonyl (C=O) groups excluding carboxylic acids is 3. The van der Waals surface area contributed by atoms with E-state index in [-0.39, 0.29) is 30.7 Å². The van der Waals surface area contributed by atoms with Crippen molar-refractivity contribution < 1.29 is 14.4 Å². The summed E-state index contributed by atoms with van der Waals surface area (Å²) >= 11 is 0. The lowest BCUT2D eigenvalue weighted by Gasteiger charge is -2.14. The van der Waals surface area contributed by atoms with E-state index in [2.05, 4.69) is 16.0 Å². The van der Waals surface area contributed by atoms with Crippen molar-refractivity contribution >= 4 is 29.1 Å². The SMILES string of the molecule is CC(=O)NCCC(=O)Nc1cc(C)ccc1NC(=O)c1ccccc1C. The number of anilines is 2. The van der Waals surface area contributed by atoms with Crippen LogP contribution in [0.5, 0.6) is 0 Å². The molecular formula is C20H23N3O3. The fourth-order valence-electron chi connectivity index (χ4n) is 2.45. The summed E-state index contributed by atoms with van der Waals surface area (Å²) in [7, 11) is 0. The van der Waals surface area contributed by atoms with Crippen LogP contribution in [-0.2, 0) is 9.59 Å². The van der Waals surface area contributed by atoms with Crippen molar-refractivity contribution in [3.05, 3.63) is 59.2 Å². The van der Waals surface area contributed by atoms with Gasteiger partial charge in [0.25, 0.3) is 5.91 Å². The van der Waals surface area contributed by atoms with Gasteiger partial charge in [-0.3, -0.25) is 14.4 Å². The van der Waals surface area contributed by atoms with E-state index in [0.29, 0.717) is 16.9 Å². The van der Waals surface area contributed by atoms with Gasteiger partial charge in [-0.05, 0) is 43.2 Å². The van der Waals surface area contributed by atoms with Gasteiger partial charge in [0.2, 0.25) is 11.8 Å². The second-order valence-corrected chi connectivity index (χ2v) is 6.10. The highest BCUT2D eigenvalue weighted by molar-refractivity contribution is 6.08. The molecule has 3 amide bonds. The monoisotopic (exact) mass is 353 g/mol. The Balaban J connectivity index is 2.12. The summed E-state index contributed by atoms with van der Waals surface area (Å²) in [6.45, 7) is 5.43. The van der Waals surface area contributed by atoms with Gasteiger partial charge in [-0.2, -0.15) is 0 Å². The number of carbonyl (C=O) groups is 3. The normalized spacial score (nSPS) is 10.1. The number of aryl methyl sites for hydroxylation is 2. The molecule has 2 rings (SSSR count). The standard InChI is InChI=1S/C20H23N3O3/c1-13-8-9-17(23-20(26)16-7-5-4-6-14(16)2)18(12-13)22-19(25)10-11-21-15(3)24/h4-9,12H,10-11H2,1-3H3,(H,21,24)(H,22,25)(H,23,26). The Morgan fingerprint density at radius 1 is 0.923 bits per heavy atom. The summed E-state index contributed by atoms with van der Waals surface area (Å²) < 4.78 is 0. The van der Waals surface area contributed by atoms with Crippen LogP contribution in [0.1, 0.15) is 34.8 Å². The first-order valence-corrected chi connectivity index (χ1v) is 8.38. The molecule has 0 unspecified atom stereocenters. The number of rotatable bonds is 6. The maximum atomic E-state index is 12.5. The van der Waals surface area contributed by atoms with Gasteiger partial charge in [0.05, 0.1) is 11.4 Å². The molecule has 2 aromatic carbocycles. The van der Waals surface area contributed by atoms with Crippen LogP contribution < -0.4 is 16.0 Å². The van der Waals surface area contributed by atoms with Crippen molar-refractivity contribution in [1.82, 2.24) is 5.32 Å². The Kier molecular flexibility index (Phi) is 6.49. The van der Waals surface area contributed by atoms with E-state index in [1.807, 2.05) is 38.1 Å². The lowest BCUT2D eigenvalue weighted by atomic mass is 10.1. The van der Waals surface area contributed by atoms with Crippen molar-refractivity contribution in [2.45, 2.75) is 27.2 Å². The van der Waals surface area contributed by atoms with E-state index in [0.717, 1.165) is 11.1 Å². The average molecular weight is 353 g/mol. The zero-order chi connectivity index (χ0) is 19.1. The number of benzene rings is 2. The minimum absolute atomic E-state index is 0.151. The molecule has 0 radical (unpaired) electrons. The maximum absolute atomic E-state index is 12.5. The molecule has 0 aromatic heterocycles. The summed E-state index contributed by atoms with van der Waals surface area (Å²) in [6.07, 6.45) is 0.151. The quantitative estimate of drug-likeness (QED) is 0.746. The Morgan fingerprint density at radius 2 is 1.65 bits per heavy atom. The Morgan fingerprint density at radius 3 is 2.35 bits per heavy atom. The lowest BCUT2D eigenvalue weighted by molar-refractivity contribution is -0.119. The van der Waals surface area contributed by atoms with Crippen molar-refractivity contribution in [1.29, 1.82) is 0 Å². The van der Waals surface area contributed by atoms with E-state index in [9.17, 15) is 14.4 Å². The van der Waals surface area contributed by atoms with Gasteiger partial charge >= 0.3 is 0 Å². The highest BCUT2D eigenvalue weighted by Gasteiger charge is 2.13. The number of hydrogen-bond acceptors (Lipinski definition) is 3. The first-order valence-electron chi connectivity index (χ1n) is 8.38. The highest BCUT2D eigenvalue weighted by Crippen LogP contribution is 2.24. The first-order chi connectivity index (χ1) is 12.4. The first kappa shape index (κ1) is 19.2. The fraction of sp³-hybridized carbons (Fsp3) is 0.250. The van der Waals surface area contributed by atoms with Crippen LogP contribution in [-0.4, -0.2) is 24.3 Å². The molecule has 0 aliphatic heterocycles. The minimum atomic E-state index is -0.240. The average Bonchev–Trinajstić information content (AvgIpc) is 2.57. The van der Waals surface area contributed by atoms with E-state index < -0.39 is 0 Å². The Bertz CT molecular complexity index is 831. The summed E-state index contributed by atoms with van der Waals surface area (Å²) in [4.78, 5) is 35.5. The molecule has 2 aromatic rings. The van der Waals surface area contributed by atoms with Crippen LogP contribution in [0.15, 0.2) is 42.5 Å². The molecule has 3 N–H and O–H groups in total. The molecule has 6 heteroatoms. The number of amides is 3. The fourth-order valence-corrected chi connectivity index (χ4v) is 2.45. The van der Waals surface area contributed by atoms with Crippen LogP contribution in [0.4, 0.5) is 11.4 Å². The Labute approximate surface area is 153 Å². The molecule has 0 heterocycles. The third-order valence-electron chi connectivity index (χ3n) is 3.81. The zero-order valence-corrected chi connectivity index (χ0v) is 15.2. The Hall–Kier alpha value is -3.15. The molecule has 0 atom stereocenters. The van der Waals surface area contributed by atoms with Gasteiger partial charge in [-0.1, -0.05) is 24.3 Å². The summed E-state index contributed by atoms with van der Waals surface area (Å²) in [6, 6.07) is 12.7. The molecule has 26 heavy (non-hydrogen) atoms. The largest absolute Gasteiger partial charge is 0.356 e. The minimum Gasteiger partial charge on any atom is -0.356 e. The number of hydrogen-bond donors (Lipinski definition) is 3. The second kappa shape index (κ2) is 8.80. The van der Waals surface area contributed by atoms with Gasteiger partial charge in [-0.25, -0.2) is 0 Å². The van der Waals surface area contributed by atoms with Crippen molar-refractivity contribution in [3.63, 3.8) is 0 Å². The summed E-state index contributed by atoms with van der Waals surface area (Å²) in [5.41, 5.74) is 3.46. The van der Waals surface area contributed by atoms with Crippen LogP contribution in [0.2, 0.25) is 0 Å². The van der Waals surface area contributed by atoms with Gasteiger partial charge in [0.1, 0.15) is 0 Å². The van der Waals surface area contributed by atoms with Gasteiger partial charge in [0, 0.05) is 25.5 Å². The maximum Gasteiger partial charge on any atom is 0.255 e. The van der Waals surface area contributed by atoms with Gasteiger partial charge < -0.3 is 16.0 Å². The molecule has 136 valence electrons. The molecule has 0 aliphatic rings. The van der Waals surface area contributed by atoms with Gasteiger partial charge in [0.15, 0.2) is 0 Å². The third-order valence-corrected chi connectivity index (χ3v) is 3.81. The van der Waals surface area contributed by atoms with Crippen molar-refractivity contribution in [2.75, 3.05) is 17.2 Å². The zero-order valence-electron chi connectivity index (χ0n) is 15.2. The molecule has 6 nitrogen and oxygen atoms in total. The van der Waals surface area contributed by atoms with Crippen LogP contribution in [0.25, 0.3) is 0 Å². The molecule has 0 bridgehead atoms. The highest BCUT2D eigenvalue weighted by atomic mass is 16.2. The van der Waals surface area contributed by atoms with Crippen LogP contribution >= 0.6 is 0 Å². The summed E-state index contributed by atoms with van der Waals surface area (Å²) in [5.74, 6) is -0.657. The van der Waals surface area contributed by atoms with E-state index in [4.69, 9.17) is 0 Å². The predicted octanol–water partition coefficient (Wildman–Crippen LogP) is 3.02. The molecular weight excluding hydrogens is 330 g/mol. The predicted molar refractivity (Wildman–Crippen MR) is 102 cm³/mol. The number of nitrogens with one attached hydrogen (secondary N) is 3. The van der Waals surface area contributed by atoms with Crippen LogP contribution in [0, 0.1) is 13.8 Å². The molecule has 0 fully saturated rings. The van der Waals surface area contributed by atoms with E-state index >= 15 is 0 Å². The van der Waals surface area contributed by atoms with Crippen molar-refractivity contribution in [2.24, 2.45) is 0 Å². The second-order valence-electron chi connectivity index (χ2n) is 6.10. The lowest BCUT2D eigenvalue weighted by Crippen LogP contribution is -2.25. The summed E-state index contributed by atoms with van der Waals surface area (Å²) in [5, 5.41) is 8.22. The van der Waals surface area contributed by atoms with Crippen LogP contribution in [0.3, 0.4) is 0 Å². The molecule has 0 aliphatic carbocycles. The van der Waals surface area contributed by atoms with E-state index in [1.54, 1.807) is 18.2 Å².